The first kappa shape index (κ1) is 12.9. The number of aromatic nitrogens is 2. The second-order valence-electron chi connectivity index (χ2n) is 5.95. The van der Waals surface area contributed by atoms with Gasteiger partial charge in [-0.1, -0.05) is 41.9 Å². The summed E-state index contributed by atoms with van der Waals surface area (Å²) in [5.41, 5.74) is 5.49. The molecule has 0 radical (unpaired) electrons. The van der Waals surface area contributed by atoms with Crippen molar-refractivity contribution < 1.29 is 0 Å². The summed E-state index contributed by atoms with van der Waals surface area (Å²) >= 11 is 6.16. The largest absolute Gasteiger partial charge is 0.353 e. The molecule has 23 heavy (non-hydrogen) atoms. The summed E-state index contributed by atoms with van der Waals surface area (Å²) in [5.74, 6) is 0. The van der Waals surface area contributed by atoms with Crippen LogP contribution in [0, 0.1) is 6.92 Å². The smallest absolute Gasteiger partial charge is 0.0957 e. The first-order chi connectivity index (χ1) is 11.2. The van der Waals surface area contributed by atoms with Gasteiger partial charge in [0.25, 0.3) is 0 Å². The number of H-pyrrole nitrogens is 1. The van der Waals surface area contributed by atoms with Gasteiger partial charge in [-0.25, -0.2) is 4.98 Å². The van der Waals surface area contributed by atoms with Gasteiger partial charge in [0, 0.05) is 32.1 Å². The second kappa shape index (κ2) is 4.46. The van der Waals surface area contributed by atoms with E-state index in [1.807, 2.05) is 18.2 Å². The Morgan fingerprint density at radius 2 is 1.70 bits per heavy atom. The average molecular weight is 317 g/mol. The predicted octanol–water partition coefficient (Wildman–Crippen LogP) is 5.98. The maximum absolute atomic E-state index is 6.16. The third-order valence-corrected chi connectivity index (χ3v) is 4.89. The average Bonchev–Trinajstić information content (AvgIpc) is 2.93. The quantitative estimate of drug-likeness (QED) is 0.349. The number of pyridine rings is 1. The van der Waals surface area contributed by atoms with Gasteiger partial charge in [-0.05, 0) is 36.8 Å². The van der Waals surface area contributed by atoms with Crippen LogP contribution in [0.25, 0.3) is 43.6 Å². The molecule has 5 aromatic rings. The topological polar surface area (TPSA) is 28.7 Å². The van der Waals surface area contributed by atoms with E-state index in [2.05, 4.69) is 48.3 Å². The Labute approximate surface area is 137 Å². The monoisotopic (exact) mass is 316 g/mol. The minimum absolute atomic E-state index is 0.741. The molecule has 2 heterocycles. The van der Waals surface area contributed by atoms with Crippen LogP contribution in [0.15, 0.2) is 54.6 Å². The van der Waals surface area contributed by atoms with Crippen molar-refractivity contribution in [3.63, 3.8) is 0 Å². The number of fused-ring (bicyclic) bond motifs is 6. The summed E-state index contributed by atoms with van der Waals surface area (Å²) in [5, 5.41) is 5.45. The first-order valence-electron chi connectivity index (χ1n) is 7.61. The fraction of sp³-hybridized carbons (Fsp3) is 0.0500. The van der Waals surface area contributed by atoms with Crippen LogP contribution in [0.5, 0.6) is 0 Å². The summed E-state index contributed by atoms with van der Waals surface area (Å²) in [6.07, 6.45) is 0. The van der Waals surface area contributed by atoms with E-state index < -0.39 is 0 Å². The number of aryl methyl sites for hydroxylation is 1. The fourth-order valence-corrected chi connectivity index (χ4v) is 3.68. The SMILES string of the molecule is Cc1c2ccccc2[nH]c2c1ccc1c3cc(Cl)ccc3nc12. The van der Waals surface area contributed by atoms with Crippen molar-refractivity contribution in [2.75, 3.05) is 0 Å². The highest BCUT2D eigenvalue weighted by atomic mass is 35.5. The van der Waals surface area contributed by atoms with Gasteiger partial charge in [0.15, 0.2) is 0 Å². The van der Waals surface area contributed by atoms with E-state index in [-0.39, 0.29) is 0 Å². The van der Waals surface area contributed by atoms with E-state index in [1.54, 1.807) is 0 Å². The molecule has 0 fully saturated rings. The van der Waals surface area contributed by atoms with Gasteiger partial charge in [-0.15, -0.1) is 0 Å². The van der Waals surface area contributed by atoms with E-state index in [4.69, 9.17) is 16.6 Å². The lowest BCUT2D eigenvalue weighted by Crippen LogP contribution is -1.88. The summed E-state index contributed by atoms with van der Waals surface area (Å²) in [6, 6.07) is 18.6. The third kappa shape index (κ3) is 1.73. The molecule has 0 amide bonds. The first-order valence-corrected chi connectivity index (χ1v) is 7.99. The van der Waals surface area contributed by atoms with E-state index >= 15 is 0 Å². The van der Waals surface area contributed by atoms with Gasteiger partial charge in [0.1, 0.15) is 0 Å². The molecule has 3 aromatic carbocycles. The van der Waals surface area contributed by atoms with Crippen molar-refractivity contribution in [2.24, 2.45) is 0 Å². The lowest BCUT2D eigenvalue weighted by molar-refractivity contribution is 1.45. The van der Waals surface area contributed by atoms with Crippen LogP contribution >= 0.6 is 11.6 Å². The minimum Gasteiger partial charge on any atom is -0.353 e. The molecule has 5 rings (SSSR count). The number of hydrogen-bond acceptors (Lipinski definition) is 1. The Hall–Kier alpha value is -2.58. The molecule has 110 valence electrons. The van der Waals surface area contributed by atoms with Gasteiger partial charge >= 0.3 is 0 Å². The lowest BCUT2D eigenvalue weighted by Gasteiger charge is -2.08. The molecule has 0 saturated carbocycles. The minimum atomic E-state index is 0.741. The Kier molecular flexibility index (Phi) is 2.51. The van der Waals surface area contributed by atoms with Crippen molar-refractivity contribution in [1.29, 1.82) is 0 Å². The zero-order chi connectivity index (χ0) is 15.6. The molecule has 0 bridgehead atoms. The molecule has 0 atom stereocenters. The summed E-state index contributed by atoms with van der Waals surface area (Å²) < 4.78 is 0. The van der Waals surface area contributed by atoms with Crippen molar-refractivity contribution in [1.82, 2.24) is 9.97 Å². The van der Waals surface area contributed by atoms with Crippen LogP contribution in [-0.2, 0) is 0 Å². The van der Waals surface area contributed by atoms with Crippen molar-refractivity contribution in [3.05, 3.63) is 65.2 Å². The maximum atomic E-state index is 6.16. The van der Waals surface area contributed by atoms with Crippen molar-refractivity contribution in [2.45, 2.75) is 6.92 Å². The maximum Gasteiger partial charge on any atom is 0.0957 e. The highest BCUT2D eigenvalue weighted by molar-refractivity contribution is 6.32. The van der Waals surface area contributed by atoms with Gasteiger partial charge < -0.3 is 4.98 Å². The molecular formula is C20H13ClN2. The number of halogens is 1. The van der Waals surface area contributed by atoms with Crippen LogP contribution in [0.4, 0.5) is 0 Å². The Bertz CT molecular complexity index is 1230. The van der Waals surface area contributed by atoms with Crippen molar-refractivity contribution in [3.8, 4) is 0 Å². The molecule has 0 saturated heterocycles. The standard InChI is InChI=1S/C20H13ClN2/c1-11-13-4-2-3-5-17(13)22-19-14(11)7-8-15-16-10-12(21)6-9-18(16)23-20(15)19/h2-10,22H,1H3. The number of aromatic amines is 1. The number of benzene rings is 3. The highest BCUT2D eigenvalue weighted by Gasteiger charge is 2.12. The molecule has 3 heteroatoms. The molecule has 2 nitrogen and oxygen atoms in total. The normalized spacial score (nSPS) is 11.9. The number of nitrogens with zero attached hydrogens (tertiary/aromatic N) is 1. The molecule has 0 aliphatic carbocycles. The van der Waals surface area contributed by atoms with Crippen LogP contribution in [0.1, 0.15) is 5.56 Å². The molecule has 1 N–H and O–H groups in total. The third-order valence-electron chi connectivity index (χ3n) is 4.65. The zero-order valence-corrected chi connectivity index (χ0v) is 13.3. The Morgan fingerprint density at radius 3 is 2.61 bits per heavy atom. The fourth-order valence-electron chi connectivity index (χ4n) is 3.50. The lowest BCUT2D eigenvalue weighted by atomic mass is 10.0. The number of hydrogen-bond donors (Lipinski definition) is 1. The highest BCUT2D eigenvalue weighted by Crippen LogP contribution is 2.34. The number of nitrogens with one attached hydrogen (secondary N) is 1. The second-order valence-corrected chi connectivity index (χ2v) is 6.39. The van der Waals surface area contributed by atoms with Gasteiger partial charge in [-0.2, -0.15) is 0 Å². The molecule has 0 unspecified atom stereocenters. The zero-order valence-electron chi connectivity index (χ0n) is 12.5. The molecular weight excluding hydrogens is 304 g/mol. The van der Waals surface area contributed by atoms with Gasteiger partial charge in [0.2, 0.25) is 0 Å². The molecule has 0 spiro atoms. The summed E-state index contributed by atoms with van der Waals surface area (Å²) in [6.45, 7) is 2.17. The van der Waals surface area contributed by atoms with Gasteiger partial charge in [-0.3, -0.25) is 0 Å². The van der Waals surface area contributed by atoms with E-state index in [9.17, 15) is 0 Å². The molecule has 0 aliphatic heterocycles. The van der Waals surface area contributed by atoms with Crippen LogP contribution in [-0.4, -0.2) is 9.97 Å². The Morgan fingerprint density at radius 1 is 0.870 bits per heavy atom. The van der Waals surface area contributed by atoms with E-state index in [0.717, 1.165) is 37.9 Å². The van der Waals surface area contributed by atoms with Crippen LogP contribution < -0.4 is 0 Å². The summed E-state index contributed by atoms with van der Waals surface area (Å²) in [7, 11) is 0. The predicted molar refractivity (Wildman–Crippen MR) is 98.4 cm³/mol. The van der Waals surface area contributed by atoms with Crippen LogP contribution in [0.3, 0.4) is 0 Å². The molecule has 2 aromatic heterocycles. The van der Waals surface area contributed by atoms with E-state index in [1.165, 1.54) is 16.3 Å². The van der Waals surface area contributed by atoms with Gasteiger partial charge in [0.05, 0.1) is 16.6 Å². The summed E-state index contributed by atoms with van der Waals surface area (Å²) in [4.78, 5) is 8.42. The van der Waals surface area contributed by atoms with Crippen molar-refractivity contribution >= 4 is 55.2 Å². The number of para-hydroxylation sites is 1. The van der Waals surface area contributed by atoms with Crippen LogP contribution in [0.2, 0.25) is 5.02 Å². The van der Waals surface area contributed by atoms with E-state index in [0.29, 0.717) is 0 Å². The Balaban J connectivity index is 2.05. The molecule has 0 aliphatic rings. The number of rotatable bonds is 0.